The highest BCUT2D eigenvalue weighted by molar-refractivity contribution is 7.99. The minimum absolute atomic E-state index is 0.0355. The highest BCUT2D eigenvalue weighted by Crippen LogP contribution is 2.32. The lowest BCUT2D eigenvalue weighted by Gasteiger charge is -2.13. The number of thioether (sulfide) groups is 1. The van der Waals surface area contributed by atoms with Crippen LogP contribution in [0.5, 0.6) is 0 Å². The van der Waals surface area contributed by atoms with Gasteiger partial charge in [0.1, 0.15) is 5.82 Å². The van der Waals surface area contributed by atoms with E-state index in [1.807, 2.05) is 6.92 Å². The molecule has 0 amide bonds. The maximum Gasteiger partial charge on any atom is 0.188 e. The summed E-state index contributed by atoms with van der Waals surface area (Å²) in [5.74, 6) is -0.244. The van der Waals surface area contributed by atoms with E-state index in [9.17, 15) is 4.39 Å². The molecule has 2 N–H and O–H groups in total. The molecule has 1 atom stereocenters. The number of aryl methyl sites for hydroxylation is 1. The van der Waals surface area contributed by atoms with Crippen LogP contribution in [-0.2, 0) is 0 Å². The summed E-state index contributed by atoms with van der Waals surface area (Å²) in [5.41, 5.74) is 7.75. The van der Waals surface area contributed by atoms with Crippen molar-refractivity contribution in [1.82, 2.24) is 9.97 Å². The second kappa shape index (κ2) is 5.93. The summed E-state index contributed by atoms with van der Waals surface area (Å²) in [6.07, 6.45) is 3.54. The molecule has 1 aromatic carbocycles. The fourth-order valence-corrected chi connectivity index (χ4v) is 2.37. The summed E-state index contributed by atoms with van der Waals surface area (Å²) < 4.78 is 12.9. The molecule has 2 aromatic rings. The molecule has 0 spiro atoms. The van der Waals surface area contributed by atoms with Gasteiger partial charge >= 0.3 is 0 Å². The standard InChI is InChI=1S/C13H14FN3S/c1-9-7-16-13(17-8-9)18-12(6-15)10-2-4-11(14)5-3-10/h2-5,7-8,12H,6,15H2,1H3. The Morgan fingerprint density at radius 2 is 1.83 bits per heavy atom. The Balaban J connectivity index is 2.14. The van der Waals surface area contributed by atoms with Crippen LogP contribution < -0.4 is 5.73 Å². The molecule has 1 aromatic heterocycles. The molecule has 94 valence electrons. The zero-order chi connectivity index (χ0) is 13.0. The lowest BCUT2D eigenvalue weighted by atomic mass is 10.1. The molecule has 0 saturated heterocycles. The number of aromatic nitrogens is 2. The summed E-state index contributed by atoms with van der Waals surface area (Å²) in [6.45, 7) is 2.39. The number of rotatable bonds is 4. The van der Waals surface area contributed by atoms with Gasteiger partial charge < -0.3 is 5.73 Å². The fourth-order valence-electron chi connectivity index (χ4n) is 1.50. The highest BCUT2D eigenvalue weighted by atomic mass is 32.2. The van der Waals surface area contributed by atoms with E-state index >= 15 is 0 Å². The fraction of sp³-hybridized carbons (Fsp3) is 0.231. The van der Waals surface area contributed by atoms with Gasteiger partial charge in [0, 0.05) is 24.2 Å². The van der Waals surface area contributed by atoms with Gasteiger partial charge in [-0.1, -0.05) is 23.9 Å². The van der Waals surface area contributed by atoms with Crippen molar-refractivity contribution in [1.29, 1.82) is 0 Å². The third-order valence-corrected chi connectivity index (χ3v) is 3.63. The molecule has 0 radical (unpaired) electrons. The van der Waals surface area contributed by atoms with Crippen LogP contribution in [0.2, 0.25) is 0 Å². The van der Waals surface area contributed by atoms with Crippen molar-refractivity contribution in [2.45, 2.75) is 17.3 Å². The maximum absolute atomic E-state index is 12.9. The van der Waals surface area contributed by atoms with Crippen molar-refractivity contribution < 1.29 is 4.39 Å². The van der Waals surface area contributed by atoms with Crippen LogP contribution in [0.1, 0.15) is 16.4 Å². The van der Waals surface area contributed by atoms with Crippen molar-refractivity contribution in [2.75, 3.05) is 6.54 Å². The largest absolute Gasteiger partial charge is 0.329 e. The van der Waals surface area contributed by atoms with Gasteiger partial charge in [0.05, 0.1) is 0 Å². The third-order valence-electron chi connectivity index (χ3n) is 2.46. The smallest absolute Gasteiger partial charge is 0.188 e. The quantitative estimate of drug-likeness (QED) is 0.680. The first kappa shape index (κ1) is 13.0. The van der Waals surface area contributed by atoms with Crippen LogP contribution in [0.25, 0.3) is 0 Å². The van der Waals surface area contributed by atoms with Gasteiger partial charge in [0.25, 0.3) is 0 Å². The average molecular weight is 263 g/mol. The number of nitrogens with two attached hydrogens (primary N) is 1. The monoisotopic (exact) mass is 263 g/mol. The molecule has 18 heavy (non-hydrogen) atoms. The number of halogens is 1. The first-order valence-corrected chi connectivity index (χ1v) is 6.48. The molecule has 0 aliphatic heterocycles. The van der Waals surface area contributed by atoms with Gasteiger partial charge in [0.2, 0.25) is 0 Å². The molecule has 2 rings (SSSR count). The van der Waals surface area contributed by atoms with Gasteiger partial charge in [-0.3, -0.25) is 0 Å². The normalized spacial score (nSPS) is 12.4. The van der Waals surface area contributed by atoms with E-state index in [0.717, 1.165) is 11.1 Å². The minimum atomic E-state index is -0.244. The van der Waals surface area contributed by atoms with Crippen LogP contribution in [0.15, 0.2) is 41.8 Å². The second-order valence-electron chi connectivity index (χ2n) is 3.94. The Hall–Kier alpha value is -1.46. The molecular formula is C13H14FN3S. The predicted molar refractivity (Wildman–Crippen MR) is 70.8 cm³/mol. The zero-order valence-electron chi connectivity index (χ0n) is 10.0. The number of nitrogens with zero attached hydrogens (tertiary/aromatic N) is 2. The van der Waals surface area contributed by atoms with Gasteiger partial charge in [-0.25, -0.2) is 14.4 Å². The molecule has 0 aliphatic rings. The predicted octanol–water partition coefficient (Wildman–Crippen LogP) is 2.72. The lowest BCUT2D eigenvalue weighted by molar-refractivity contribution is 0.627. The van der Waals surface area contributed by atoms with E-state index in [2.05, 4.69) is 9.97 Å². The Labute approximate surface area is 110 Å². The third kappa shape index (κ3) is 3.27. The minimum Gasteiger partial charge on any atom is -0.329 e. The average Bonchev–Trinajstić information content (AvgIpc) is 2.39. The second-order valence-corrected chi connectivity index (χ2v) is 5.11. The molecule has 0 bridgehead atoms. The van der Waals surface area contributed by atoms with Gasteiger partial charge in [-0.2, -0.15) is 0 Å². The van der Waals surface area contributed by atoms with E-state index in [-0.39, 0.29) is 11.1 Å². The number of hydrogen-bond donors (Lipinski definition) is 1. The molecular weight excluding hydrogens is 249 g/mol. The van der Waals surface area contributed by atoms with Gasteiger partial charge in [-0.15, -0.1) is 0 Å². The maximum atomic E-state index is 12.9. The van der Waals surface area contributed by atoms with Crippen molar-refractivity contribution in [3.63, 3.8) is 0 Å². The summed E-state index contributed by atoms with van der Waals surface area (Å²) in [4.78, 5) is 8.46. The summed E-state index contributed by atoms with van der Waals surface area (Å²) in [5, 5.41) is 0.716. The lowest BCUT2D eigenvalue weighted by Crippen LogP contribution is -2.10. The highest BCUT2D eigenvalue weighted by Gasteiger charge is 2.13. The summed E-state index contributed by atoms with van der Waals surface area (Å²) in [6, 6.07) is 6.37. The molecule has 1 unspecified atom stereocenters. The Bertz CT molecular complexity index is 499. The molecule has 0 saturated carbocycles. The van der Waals surface area contributed by atoms with Crippen molar-refractivity contribution in [2.24, 2.45) is 5.73 Å². The number of benzene rings is 1. The summed E-state index contributed by atoms with van der Waals surface area (Å²) in [7, 11) is 0. The SMILES string of the molecule is Cc1cnc(SC(CN)c2ccc(F)cc2)nc1. The summed E-state index contributed by atoms with van der Waals surface area (Å²) >= 11 is 1.49. The van der Waals surface area contributed by atoms with E-state index in [1.165, 1.54) is 23.9 Å². The van der Waals surface area contributed by atoms with Gasteiger partial charge in [-0.05, 0) is 30.2 Å². The molecule has 0 fully saturated rings. The van der Waals surface area contributed by atoms with E-state index < -0.39 is 0 Å². The molecule has 0 aliphatic carbocycles. The Morgan fingerprint density at radius 1 is 1.22 bits per heavy atom. The van der Waals surface area contributed by atoms with Crippen LogP contribution in [0.4, 0.5) is 4.39 Å². The van der Waals surface area contributed by atoms with E-state index in [0.29, 0.717) is 11.7 Å². The van der Waals surface area contributed by atoms with Crippen molar-refractivity contribution in [3.8, 4) is 0 Å². The van der Waals surface area contributed by atoms with Gasteiger partial charge in [0.15, 0.2) is 5.16 Å². The van der Waals surface area contributed by atoms with E-state index in [4.69, 9.17) is 5.73 Å². The Morgan fingerprint density at radius 3 is 2.39 bits per heavy atom. The molecule has 5 heteroatoms. The van der Waals surface area contributed by atoms with Crippen molar-refractivity contribution >= 4 is 11.8 Å². The van der Waals surface area contributed by atoms with E-state index in [1.54, 1.807) is 24.5 Å². The molecule has 3 nitrogen and oxygen atoms in total. The first-order chi connectivity index (χ1) is 8.69. The van der Waals surface area contributed by atoms with Crippen LogP contribution in [0, 0.1) is 12.7 Å². The van der Waals surface area contributed by atoms with Crippen molar-refractivity contribution in [3.05, 3.63) is 53.6 Å². The van der Waals surface area contributed by atoms with Crippen LogP contribution in [-0.4, -0.2) is 16.5 Å². The van der Waals surface area contributed by atoms with Crippen LogP contribution >= 0.6 is 11.8 Å². The number of hydrogen-bond acceptors (Lipinski definition) is 4. The van der Waals surface area contributed by atoms with Crippen LogP contribution in [0.3, 0.4) is 0 Å². The Kier molecular flexibility index (Phi) is 4.28. The topological polar surface area (TPSA) is 51.8 Å². The first-order valence-electron chi connectivity index (χ1n) is 5.60. The molecule has 1 heterocycles. The zero-order valence-corrected chi connectivity index (χ0v) is 10.8.